The Bertz CT molecular complexity index is 662. The smallest absolute Gasteiger partial charge is 0.417 e. The molecule has 0 aromatic heterocycles. The molecule has 1 N–H and O–H groups in total. The van der Waals surface area contributed by atoms with Gasteiger partial charge in [0.15, 0.2) is 0 Å². The second-order valence-corrected chi connectivity index (χ2v) is 7.03. The van der Waals surface area contributed by atoms with Crippen LogP contribution < -0.4 is 5.32 Å². The van der Waals surface area contributed by atoms with Gasteiger partial charge < -0.3 is 10.1 Å². The van der Waals surface area contributed by atoms with Gasteiger partial charge in [0.05, 0.1) is 17.7 Å². The molecule has 8 heteroatoms. The van der Waals surface area contributed by atoms with E-state index in [-0.39, 0.29) is 12.7 Å². The molecule has 1 rings (SSSR count). The number of ether oxygens (including phenoxy) is 1. The Hall–Kier alpha value is -2.12. The van der Waals surface area contributed by atoms with Gasteiger partial charge in [-0.15, -0.1) is 0 Å². The van der Waals surface area contributed by atoms with E-state index in [1.54, 1.807) is 0 Å². The highest BCUT2D eigenvalue weighted by molar-refractivity contribution is 5.98. The molecule has 1 atom stereocenters. The average molecular weight is 419 g/mol. The second-order valence-electron chi connectivity index (χ2n) is 7.03. The first-order valence-electron chi connectivity index (χ1n) is 10.0. The molecule has 0 saturated carbocycles. The summed E-state index contributed by atoms with van der Waals surface area (Å²) in [5.41, 5.74) is -2.14. The zero-order valence-corrected chi connectivity index (χ0v) is 16.9. The summed E-state index contributed by atoms with van der Waals surface area (Å²) >= 11 is 0. The van der Waals surface area contributed by atoms with Crippen molar-refractivity contribution in [1.29, 1.82) is 0 Å². The fourth-order valence-corrected chi connectivity index (χ4v) is 2.82. The van der Waals surface area contributed by atoms with E-state index in [0.29, 0.717) is 6.42 Å². The molecular weight excluding hydrogens is 390 g/mol. The van der Waals surface area contributed by atoms with E-state index in [1.165, 1.54) is 32.6 Å². The number of unbranched alkanes of at least 4 members (excludes halogenated alkanes) is 7. The molecule has 0 aliphatic carbocycles. The number of rotatable bonds is 12. The lowest BCUT2D eigenvalue weighted by Gasteiger charge is -2.16. The van der Waals surface area contributed by atoms with Crippen molar-refractivity contribution in [1.82, 2.24) is 5.32 Å². The molecule has 4 nitrogen and oxygen atoms in total. The van der Waals surface area contributed by atoms with Crippen LogP contribution in [0, 0.1) is 5.82 Å². The normalized spacial score (nSPS) is 12.5. The summed E-state index contributed by atoms with van der Waals surface area (Å²) in [5, 5.41) is 2.17. The maximum atomic E-state index is 13.1. The van der Waals surface area contributed by atoms with Crippen molar-refractivity contribution in [2.75, 3.05) is 6.61 Å². The zero-order chi connectivity index (χ0) is 21.9. The minimum absolute atomic E-state index is 0.193. The summed E-state index contributed by atoms with van der Waals surface area (Å²) in [6.45, 7) is 3.68. The Kier molecular flexibility index (Phi) is 10.7. The molecule has 1 amide bonds. The Morgan fingerprint density at radius 1 is 1.03 bits per heavy atom. The average Bonchev–Trinajstić information content (AvgIpc) is 2.65. The molecule has 29 heavy (non-hydrogen) atoms. The third-order valence-electron chi connectivity index (χ3n) is 4.48. The highest BCUT2D eigenvalue weighted by Crippen LogP contribution is 2.32. The minimum atomic E-state index is -4.89. The Balaban J connectivity index is 2.41. The van der Waals surface area contributed by atoms with Crippen LogP contribution in [-0.2, 0) is 15.7 Å². The quantitative estimate of drug-likeness (QED) is 0.271. The molecule has 0 radical (unpaired) electrons. The maximum Gasteiger partial charge on any atom is 0.417 e. The van der Waals surface area contributed by atoms with Gasteiger partial charge in [0.1, 0.15) is 11.9 Å². The summed E-state index contributed by atoms with van der Waals surface area (Å²) in [4.78, 5) is 24.1. The number of amides is 1. The SMILES string of the molecule is CCCCCCCCCCOC(=O)C(C)NC(=O)c1ccc(F)cc1C(F)(F)F. The van der Waals surface area contributed by atoms with E-state index in [9.17, 15) is 27.2 Å². The van der Waals surface area contributed by atoms with Gasteiger partial charge in [-0.2, -0.15) is 13.2 Å². The molecule has 1 unspecified atom stereocenters. The predicted octanol–water partition coefficient (Wildman–Crippen LogP) is 5.65. The highest BCUT2D eigenvalue weighted by Gasteiger charge is 2.36. The number of alkyl halides is 3. The van der Waals surface area contributed by atoms with Crippen molar-refractivity contribution < 1.29 is 31.9 Å². The van der Waals surface area contributed by atoms with Crippen LogP contribution in [0.3, 0.4) is 0 Å². The number of carbonyl (C=O) groups excluding carboxylic acids is 2. The Labute approximate surface area is 169 Å². The van der Waals surface area contributed by atoms with Crippen LogP contribution in [0.15, 0.2) is 18.2 Å². The molecule has 0 heterocycles. The fraction of sp³-hybridized carbons (Fsp3) is 0.619. The molecule has 0 saturated heterocycles. The highest BCUT2D eigenvalue weighted by atomic mass is 19.4. The number of carbonyl (C=O) groups is 2. The number of hydrogen-bond acceptors (Lipinski definition) is 3. The Morgan fingerprint density at radius 3 is 2.21 bits per heavy atom. The summed E-state index contributed by atoms with van der Waals surface area (Å²) in [6.07, 6.45) is 3.77. The second kappa shape index (κ2) is 12.4. The molecule has 0 aliphatic rings. The molecule has 0 fully saturated rings. The van der Waals surface area contributed by atoms with Gasteiger partial charge in [-0.1, -0.05) is 51.9 Å². The largest absolute Gasteiger partial charge is 0.464 e. The van der Waals surface area contributed by atoms with Crippen molar-refractivity contribution in [3.8, 4) is 0 Å². The number of benzene rings is 1. The van der Waals surface area contributed by atoms with Gasteiger partial charge in [0.2, 0.25) is 0 Å². The lowest BCUT2D eigenvalue weighted by molar-refractivity contribution is -0.145. The molecular formula is C21H29F4NO3. The monoisotopic (exact) mass is 419 g/mol. The summed E-state index contributed by atoms with van der Waals surface area (Å²) in [5.74, 6) is -2.95. The van der Waals surface area contributed by atoms with E-state index in [1.807, 2.05) is 0 Å². The molecule has 164 valence electrons. The van der Waals surface area contributed by atoms with Crippen LogP contribution in [0.5, 0.6) is 0 Å². The van der Waals surface area contributed by atoms with E-state index in [2.05, 4.69) is 12.2 Å². The standard InChI is InChI=1S/C21H29F4NO3/c1-3-4-5-6-7-8-9-10-13-29-20(28)15(2)26-19(27)17-12-11-16(22)14-18(17)21(23,24)25/h11-12,14-15H,3-10,13H2,1-2H3,(H,26,27). The molecule has 1 aromatic carbocycles. The molecule has 1 aromatic rings. The van der Waals surface area contributed by atoms with Crippen molar-refractivity contribution >= 4 is 11.9 Å². The number of esters is 1. The van der Waals surface area contributed by atoms with Crippen LogP contribution >= 0.6 is 0 Å². The number of hydrogen-bond donors (Lipinski definition) is 1. The van der Waals surface area contributed by atoms with Crippen LogP contribution in [0.2, 0.25) is 0 Å². The number of nitrogens with one attached hydrogen (secondary N) is 1. The third kappa shape index (κ3) is 9.28. The number of halogens is 4. The van der Waals surface area contributed by atoms with Gasteiger partial charge in [-0.25, -0.2) is 9.18 Å². The van der Waals surface area contributed by atoms with Gasteiger partial charge in [-0.3, -0.25) is 4.79 Å². The first kappa shape index (κ1) is 24.9. The summed E-state index contributed by atoms with van der Waals surface area (Å²) in [7, 11) is 0. The van der Waals surface area contributed by atoms with Crippen molar-refractivity contribution in [3.05, 3.63) is 35.1 Å². The molecule has 0 bridgehead atoms. The Morgan fingerprint density at radius 2 is 1.62 bits per heavy atom. The zero-order valence-electron chi connectivity index (χ0n) is 16.9. The lowest BCUT2D eigenvalue weighted by atomic mass is 10.1. The molecule has 0 aliphatic heterocycles. The summed E-state index contributed by atoms with van der Waals surface area (Å²) in [6, 6.07) is 0.629. The van der Waals surface area contributed by atoms with Crippen molar-refractivity contribution in [3.63, 3.8) is 0 Å². The van der Waals surface area contributed by atoms with E-state index >= 15 is 0 Å². The van der Waals surface area contributed by atoms with Gasteiger partial charge in [-0.05, 0) is 31.5 Å². The summed E-state index contributed by atoms with van der Waals surface area (Å²) < 4.78 is 57.2. The maximum absolute atomic E-state index is 13.1. The van der Waals surface area contributed by atoms with Crippen molar-refractivity contribution in [2.45, 2.75) is 77.4 Å². The third-order valence-corrected chi connectivity index (χ3v) is 4.48. The fourth-order valence-electron chi connectivity index (χ4n) is 2.82. The van der Waals surface area contributed by atoms with Crippen LogP contribution in [0.4, 0.5) is 17.6 Å². The van der Waals surface area contributed by atoms with Gasteiger partial charge in [0, 0.05) is 0 Å². The van der Waals surface area contributed by atoms with Crippen LogP contribution in [-0.4, -0.2) is 24.5 Å². The molecule has 0 spiro atoms. The lowest BCUT2D eigenvalue weighted by Crippen LogP contribution is -2.40. The minimum Gasteiger partial charge on any atom is -0.464 e. The van der Waals surface area contributed by atoms with Crippen LogP contribution in [0.1, 0.15) is 81.1 Å². The van der Waals surface area contributed by atoms with E-state index < -0.39 is 41.0 Å². The van der Waals surface area contributed by atoms with Crippen LogP contribution in [0.25, 0.3) is 0 Å². The first-order valence-corrected chi connectivity index (χ1v) is 10.0. The van der Waals surface area contributed by atoms with E-state index in [4.69, 9.17) is 4.74 Å². The van der Waals surface area contributed by atoms with Crippen molar-refractivity contribution in [2.24, 2.45) is 0 Å². The topological polar surface area (TPSA) is 55.4 Å². The van der Waals surface area contributed by atoms with E-state index in [0.717, 1.165) is 31.4 Å². The van der Waals surface area contributed by atoms with Gasteiger partial charge >= 0.3 is 12.1 Å². The first-order chi connectivity index (χ1) is 13.7. The van der Waals surface area contributed by atoms with Gasteiger partial charge in [0.25, 0.3) is 5.91 Å². The predicted molar refractivity (Wildman–Crippen MR) is 102 cm³/mol.